The maximum absolute atomic E-state index is 12.6. The molecule has 1 aromatic heterocycles. The Balaban J connectivity index is 2.16. The van der Waals surface area contributed by atoms with Crippen LogP contribution in [0.15, 0.2) is 24.3 Å². The van der Waals surface area contributed by atoms with E-state index in [4.69, 9.17) is 17.6 Å². The van der Waals surface area contributed by atoms with E-state index in [1.165, 1.54) is 0 Å². The molecule has 0 saturated carbocycles. The molecule has 7 nitrogen and oxygen atoms in total. The molecule has 0 aliphatic carbocycles. The summed E-state index contributed by atoms with van der Waals surface area (Å²) in [5.74, 6) is 0. The fourth-order valence-electron chi connectivity index (χ4n) is 2.50. The van der Waals surface area contributed by atoms with Crippen molar-refractivity contribution in [2.24, 2.45) is 0 Å². The molecule has 2 aromatic rings. The molecule has 0 bridgehead atoms. The lowest BCUT2D eigenvalue weighted by Gasteiger charge is -2.18. The molecule has 144 valence electrons. The summed E-state index contributed by atoms with van der Waals surface area (Å²) in [6, 6.07) is 7.60. The van der Waals surface area contributed by atoms with Crippen LogP contribution >= 0.6 is 53.4 Å². The first kappa shape index (κ1) is 22.1. The molecule has 10 heteroatoms. The van der Waals surface area contributed by atoms with Gasteiger partial charge in [0.15, 0.2) is 6.73 Å². The van der Waals surface area contributed by atoms with Crippen LogP contribution in [0.4, 0.5) is 5.69 Å². The topological polar surface area (TPSA) is 88.6 Å². The van der Waals surface area contributed by atoms with E-state index in [2.05, 4.69) is 27.7 Å². The number of hydrogen-bond acceptors (Lipinski definition) is 6. The van der Waals surface area contributed by atoms with E-state index in [9.17, 15) is 4.57 Å². The first-order chi connectivity index (χ1) is 12.3. The van der Waals surface area contributed by atoms with Gasteiger partial charge >= 0.3 is 7.82 Å². The average Bonchev–Trinajstić information content (AvgIpc) is 2.88. The van der Waals surface area contributed by atoms with Gasteiger partial charge in [0.2, 0.25) is 0 Å². The van der Waals surface area contributed by atoms with Crippen molar-refractivity contribution < 1.29 is 16.5 Å². The highest BCUT2D eigenvalue weighted by Crippen LogP contribution is 2.54. The summed E-state index contributed by atoms with van der Waals surface area (Å²) in [6.07, 6.45) is 1.67. The highest BCUT2D eigenvalue weighted by atomic mass is 127. The minimum absolute atomic E-state index is 0.0303. The van der Waals surface area contributed by atoms with E-state index in [0.717, 1.165) is 35.4 Å². The first-order valence-electron chi connectivity index (χ1n) is 8.07. The summed E-state index contributed by atoms with van der Waals surface area (Å²) < 4.78 is 29.9. The molecule has 26 heavy (non-hydrogen) atoms. The van der Waals surface area contributed by atoms with Gasteiger partial charge in [-0.1, -0.05) is 48.1 Å². The third kappa shape index (κ3) is 5.65. The van der Waals surface area contributed by atoms with Crippen molar-refractivity contribution in [2.45, 2.75) is 44.5 Å². The SMILES string of the molecule is CCCC(I)OP(=O)(OI)OCn1nc(C)c(-c2ccc(N)cc2)c1C. The monoisotopic (exact) mass is 605 g/mol. The van der Waals surface area contributed by atoms with Crippen LogP contribution in [-0.4, -0.2) is 13.9 Å². The summed E-state index contributed by atoms with van der Waals surface area (Å²) in [5, 5.41) is 4.49. The maximum Gasteiger partial charge on any atom is 0.487 e. The predicted octanol–water partition coefficient (Wildman–Crippen LogP) is 5.78. The van der Waals surface area contributed by atoms with Crippen LogP contribution in [0.2, 0.25) is 0 Å². The molecular weight excluding hydrogens is 583 g/mol. The zero-order valence-electron chi connectivity index (χ0n) is 14.8. The molecular formula is C16H22I2N3O4P. The summed E-state index contributed by atoms with van der Waals surface area (Å²) in [7, 11) is -3.65. The van der Waals surface area contributed by atoms with Gasteiger partial charge < -0.3 is 5.73 Å². The van der Waals surface area contributed by atoms with Gasteiger partial charge in [0.05, 0.1) is 5.69 Å². The number of halogens is 2. The van der Waals surface area contributed by atoms with E-state index >= 15 is 0 Å². The van der Waals surface area contributed by atoms with E-state index in [1.807, 2.05) is 45.0 Å². The number of nitrogens with two attached hydrogens (primary N) is 1. The lowest BCUT2D eigenvalue weighted by molar-refractivity contribution is 0.121. The van der Waals surface area contributed by atoms with Crippen LogP contribution in [-0.2, 0) is 23.2 Å². The Kier molecular flexibility index (Phi) is 8.35. The van der Waals surface area contributed by atoms with Gasteiger partial charge in [0.25, 0.3) is 0 Å². The van der Waals surface area contributed by atoms with Crippen molar-refractivity contribution in [3.63, 3.8) is 0 Å². The number of rotatable bonds is 9. The maximum atomic E-state index is 12.6. The highest BCUT2D eigenvalue weighted by Gasteiger charge is 2.30. The molecule has 2 N–H and O–H groups in total. The van der Waals surface area contributed by atoms with Crippen molar-refractivity contribution in [1.82, 2.24) is 9.78 Å². The fraction of sp³-hybridized carbons (Fsp3) is 0.438. The number of nitrogens with zero attached hydrogens (tertiary/aromatic N) is 2. The average molecular weight is 605 g/mol. The molecule has 2 unspecified atom stereocenters. The van der Waals surface area contributed by atoms with E-state index in [1.54, 1.807) is 27.7 Å². The Labute approximate surface area is 181 Å². The second-order valence-corrected chi connectivity index (χ2v) is 9.82. The van der Waals surface area contributed by atoms with Gasteiger partial charge in [-0.2, -0.15) is 5.10 Å². The number of phosphoric ester groups is 1. The summed E-state index contributed by atoms with van der Waals surface area (Å²) >= 11 is 3.63. The van der Waals surface area contributed by atoms with Gasteiger partial charge in [-0.05, 0) is 38.0 Å². The fourth-order valence-corrected chi connectivity index (χ4v) is 5.35. The standard InChI is InChI=1S/C16H22I2N3O4P/c1-4-5-15(17)24-26(22,25-18)23-10-21-12(3)16(11(2)20-21)13-6-8-14(19)9-7-13/h6-9,15H,4-5,10,19H2,1-3H3. The van der Waals surface area contributed by atoms with Gasteiger partial charge in [-0.25, -0.2) is 12.1 Å². The number of hydrogen-bond donors (Lipinski definition) is 1. The molecule has 2 atom stereocenters. The van der Waals surface area contributed by atoms with Crippen molar-refractivity contribution in [3.05, 3.63) is 35.7 Å². The van der Waals surface area contributed by atoms with Crippen molar-refractivity contribution >= 4 is 59.1 Å². The number of aromatic nitrogens is 2. The van der Waals surface area contributed by atoms with Crippen molar-refractivity contribution in [2.75, 3.05) is 5.73 Å². The predicted molar refractivity (Wildman–Crippen MR) is 119 cm³/mol. The smallest absolute Gasteiger partial charge is 0.399 e. The summed E-state index contributed by atoms with van der Waals surface area (Å²) in [4.78, 5) is 0. The van der Waals surface area contributed by atoms with E-state index in [-0.39, 0.29) is 10.8 Å². The Hall–Kier alpha value is -0.200. The minimum Gasteiger partial charge on any atom is -0.399 e. The lowest BCUT2D eigenvalue weighted by atomic mass is 10.0. The van der Waals surface area contributed by atoms with Gasteiger partial charge in [0, 0.05) is 16.9 Å². The number of anilines is 1. The Morgan fingerprint density at radius 1 is 1.31 bits per heavy atom. The largest absolute Gasteiger partial charge is 0.487 e. The number of aryl methyl sites for hydroxylation is 1. The second kappa shape index (κ2) is 9.83. The van der Waals surface area contributed by atoms with Crippen LogP contribution in [0.25, 0.3) is 11.1 Å². The highest BCUT2D eigenvalue weighted by molar-refractivity contribution is 14.1. The Morgan fingerprint density at radius 3 is 2.54 bits per heavy atom. The third-order valence-electron chi connectivity index (χ3n) is 3.76. The molecule has 1 heterocycles. The van der Waals surface area contributed by atoms with Crippen molar-refractivity contribution in [3.8, 4) is 11.1 Å². The minimum atomic E-state index is -3.65. The number of nitrogen functional groups attached to an aromatic ring is 1. The van der Waals surface area contributed by atoms with E-state index in [0.29, 0.717) is 5.69 Å². The van der Waals surface area contributed by atoms with E-state index < -0.39 is 7.82 Å². The van der Waals surface area contributed by atoms with Gasteiger partial charge in [0.1, 0.15) is 27.1 Å². The molecule has 0 aliphatic rings. The molecule has 0 saturated heterocycles. The number of alkyl halides is 1. The molecule has 0 spiro atoms. The van der Waals surface area contributed by atoms with Gasteiger partial charge in [-0.3, -0.25) is 9.05 Å². The zero-order valence-corrected chi connectivity index (χ0v) is 20.0. The van der Waals surface area contributed by atoms with Crippen LogP contribution in [0.3, 0.4) is 0 Å². The Morgan fingerprint density at radius 2 is 1.96 bits per heavy atom. The molecule has 2 rings (SSSR count). The molecule has 0 fully saturated rings. The second-order valence-electron chi connectivity index (χ2n) is 5.75. The lowest BCUT2D eigenvalue weighted by Crippen LogP contribution is -2.09. The summed E-state index contributed by atoms with van der Waals surface area (Å²) in [5.41, 5.74) is 10.2. The summed E-state index contributed by atoms with van der Waals surface area (Å²) in [6.45, 7) is 5.85. The zero-order chi connectivity index (χ0) is 19.3. The third-order valence-corrected chi connectivity index (χ3v) is 7.60. The molecule has 0 radical (unpaired) electrons. The number of phosphoric acid groups is 1. The van der Waals surface area contributed by atoms with Crippen LogP contribution < -0.4 is 5.73 Å². The quantitative estimate of drug-likeness (QED) is 0.169. The molecule has 0 aliphatic heterocycles. The molecule has 1 aromatic carbocycles. The van der Waals surface area contributed by atoms with Crippen LogP contribution in [0, 0.1) is 13.8 Å². The van der Waals surface area contributed by atoms with Gasteiger partial charge in [-0.15, -0.1) is 0 Å². The van der Waals surface area contributed by atoms with Crippen LogP contribution in [0.1, 0.15) is 31.2 Å². The number of benzene rings is 1. The molecule has 0 amide bonds. The van der Waals surface area contributed by atoms with Crippen molar-refractivity contribution in [1.29, 1.82) is 0 Å². The Bertz CT molecular complexity index is 783. The normalized spacial score (nSPS) is 15.0. The first-order valence-corrected chi connectivity index (χ1v) is 11.7. The van der Waals surface area contributed by atoms with Crippen LogP contribution in [0.5, 0.6) is 0 Å².